The number of nitro benzene ring substituents is 1. The third-order valence-corrected chi connectivity index (χ3v) is 2.82. The van der Waals surface area contributed by atoms with E-state index in [0.29, 0.717) is 17.1 Å². The largest absolute Gasteiger partial charge is 0.496 e. The van der Waals surface area contributed by atoms with Crippen LogP contribution in [0.15, 0.2) is 24.3 Å². The number of rotatable bonds is 5. The van der Waals surface area contributed by atoms with E-state index in [1.54, 1.807) is 18.2 Å². The van der Waals surface area contributed by atoms with E-state index in [1.807, 2.05) is 0 Å². The number of thioether (sulfide) groups is 1. The Hall–Kier alpha value is -1.82. The summed E-state index contributed by atoms with van der Waals surface area (Å²) in [4.78, 5) is 21.0. The van der Waals surface area contributed by atoms with Crippen LogP contribution in [0, 0.1) is 10.1 Å². The van der Waals surface area contributed by atoms with Crippen molar-refractivity contribution >= 4 is 28.6 Å². The van der Waals surface area contributed by atoms with E-state index in [1.165, 1.54) is 37.9 Å². The third kappa shape index (κ3) is 4.58. The summed E-state index contributed by atoms with van der Waals surface area (Å²) in [5.41, 5.74) is 0.651. The molecule has 0 aliphatic carbocycles. The Labute approximate surface area is 109 Å². The van der Waals surface area contributed by atoms with Gasteiger partial charge in [-0.25, -0.2) is 0 Å². The van der Waals surface area contributed by atoms with Crippen LogP contribution in [0.2, 0.25) is 0 Å². The van der Waals surface area contributed by atoms with Gasteiger partial charge in [0.05, 0.1) is 18.1 Å². The molecule has 96 valence electrons. The Morgan fingerprint density at radius 2 is 2.22 bits per heavy atom. The first-order valence-electron chi connectivity index (χ1n) is 5.16. The Kier molecular flexibility index (Phi) is 5.38. The molecule has 0 N–H and O–H groups in total. The number of nitro groups is 1. The Bertz CT molecular complexity index is 485. The van der Waals surface area contributed by atoms with Gasteiger partial charge >= 0.3 is 0 Å². The van der Waals surface area contributed by atoms with E-state index < -0.39 is 4.92 Å². The molecule has 0 aromatic heterocycles. The zero-order valence-corrected chi connectivity index (χ0v) is 10.9. The fourth-order valence-corrected chi connectivity index (χ4v) is 1.70. The average Bonchev–Trinajstić information content (AvgIpc) is 2.34. The fourth-order valence-electron chi connectivity index (χ4n) is 1.27. The summed E-state index contributed by atoms with van der Waals surface area (Å²) in [5, 5.41) is 10.8. The molecule has 0 fully saturated rings. The molecule has 0 spiro atoms. The van der Waals surface area contributed by atoms with Gasteiger partial charge in [-0.2, -0.15) is 0 Å². The van der Waals surface area contributed by atoms with Crippen molar-refractivity contribution in [2.45, 2.75) is 6.92 Å². The second kappa shape index (κ2) is 6.80. The van der Waals surface area contributed by atoms with E-state index in [4.69, 9.17) is 4.74 Å². The molecule has 0 saturated carbocycles. The van der Waals surface area contributed by atoms with Crippen molar-refractivity contribution in [3.05, 3.63) is 40.0 Å². The number of carbonyl (C=O) groups excluding carboxylic acids is 1. The summed E-state index contributed by atoms with van der Waals surface area (Å²) in [6.07, 6.45) is 3.51. The van der Waals surface area contributed by atoms with E-state index in [2.05, 4.69) is 0 Å². The zero-order chi connectivity index (χ0) is 13.5. The summed E-state index contributed by atoms with van der Waals surface area (Å²) < 4.78 is 4.99. The van der Waals surface area contributed by atoms with Crippen molar-refractivity contribution < 1.29 is 14.5 Å². The number of methoxy groups -OCH3 is 1. The van der Waals surface area contributed by atoms with Crippen LogP contribution in [-0.4, -0.2) is 22.9 Å². The normalized spacial score (nSPS) is 10.6. The highest BCUT2D eigenvalue weighted by Gasteiger charge is 2.08. The standard InChI is InChI=1S/C12H13NO4S/c1-9(14)18-5-3-4-10-6-11(13(15)16)8-12(7-10)17-2/h3-4,6-8H,5H2,1-2H3. The molecule has 1 rings (SSSR count). The molecule has 0 saturated heterocycles. The molecule has 1 aromatic rings. The smallest absolute Gasteiger partial charge is 0.273 e. The van der Waals surface area contributed by atoms with Crippen LogP contribution in [0.4, 0.5) is 5.69 Å². The number of hydrogen-bond donors (Lipinski definition) is 0. The van der Waals surface area contributed by atoms with Crippen LogP contribution in [0.25, 0.3) is 6.08 Å². The van der Waals surface area contributed by atoms with Crippen molar-refractivity contribution in [2.24, 2.45) is 0 Å². The molecular weight excluding hydrogens is 254 g/mol. The molecule has 0 bridgehead atoms. The van der Waals surface area contributed by atoms with Crippen molar-refractivity contribution in [1.29, 1.82) is 0 Å². The molecule has 0 amide bonds. The molecule has 6 heteroatoms. The number of ether oxygens (including phenoxy) is 1. The summed E-state index contributed by atoms with van der Waals surface area (Å²) in [6.45, 7) is 1.49. The molecule has 5 nitrogen and oxygen atoms in total. The van der Waals surface area contributed by atoms with Crippen LogP contribution < -0.4 is 4.74 Å². The number of hydrogen-bond acceptors (Lipinski definition) is 5. The zero-order valence-electron chi connectivity index (χ0n) is 10.1. The van der Waals surface area contributed by atoms with Gasteiger partial charge < -0.3 is 4.74 Å². The van der Waals surface area contributed by atoms with Gasteiger partial charge in [0.15, 0.2) is 5.12 Å². The van der Waals surface area contributed by atoms with Gasteiger partial charge in [0, 0.05) is 18.7 Å². The van der Waals surface area contributed by atoms with Crippen LogP contribution in [0.1, 0.15) is 12.5 Å². The summed E-state index contributed by atoms with van der Waals surface area (Å²) in [5.74, 6) is 0.975. The maximum absolute atomic E-state index is 10.7. The number of benzene rings is 1. The van der Waals surface area contributed by atoms with Gasteiger partial charge in [0.2, 0.25) is 0 Å². The monoisotopic (exact) mass is 267 g/mol. The minimum Gasteiger partial charge on any atom is -0.496 e. The Morgan fingerprint density at radius 3 is 2.78 bits per heavy atom. The second-order valence-electron chi connectivity index (χ2n) is 3.43. The van der Waals surface area contributed by atoms with E-state index in [9.17, 15) is 14.9 Å². The molecule has 0 unspecified atom stereocenters. The lowest BCUT2D eigenvalue weighted by Gasteiger charge is -2.01. The van der Waals surface area contributed by atoms with Gasteiger partial charge in [-0.05, 0) is 11.6 Å². The molecule has 0 aliphatic heterocycles. The second-order valence-corrected chi connectivity index (χ2v) is 4.62. The molecule has 0 atom stereocenters. The quantitative estimate of drug-likeness (QED) is 0.606. The first-order valence-corrected chi connectivity index (χ1v) is 6.15. The van der Waals surface area contributed by atoms with Crippen LogP contribution >= 0.6 is 11.8 Å². The lowest BCUT2D eigenvalue weighted by Crippen LogP contribution is -1.91. The Balaban J connectivity index is 2.84. The summed E-state index contributed by atoms with van der Waals surface area (Å²) in [7, 11) is 1.46. The maximum Gasteiger partial charge on any atom is 0.273 e. The summed E-state index contributed by atoms with van der Waals surface area (Å²) in [6, 6.07) is 4.51. The van der Waals surface area contributed by atoms with Gasteiger partial charge in [-0.15, -0.1) is 0 Å². The van der Waals surface area contributed by atoms with E-state index >= 15 is 0 Å². The van der Waals surface area contributed by atoms with Crippen molar-refractivity contribution in [2.75, 3.05) is 12.9 Å². The third-order valence-electron chi connectivity index (χ3n) is 2.05. The Morgan fingerprint density at radius 1 is 1.50 bits per heavy atom. The van der Waals surface area contributed by atoms with Crippen molar-refractivity contribution in [3.8, 4) is 5.75 Å². The predicted octanol–water partition coefficient (Wildman–Crippen LogP) is 2.90. The molecule has 0 aliphatic rings. The van der Waals surface area contributed by atoms with Crippen LogP contribution in [0.5, 0.6) is 5.75 Å². The van der Waals surface area contributed by atoms with Crippen molar-refractivity contribution in [1.82, 2.24) is 0 Å². The molecule has 0 heterocycles. The summed E-state index contributed by atoms with van der Waals surface area (Å²) >= 11 is 1.18. The molecular formula is C12H13NO4S. The minimum atomic E-state index is -0.468. The minimum absolute atomic E-state index is 0.0202. The van der Waals surface area contributed by atoms with Crippen molar-refractivity contribution in [3.63, 3.8) is 0 Å². The van der Waals surface area contributed by atoms with Crippen LogP contribution in [-0.2, 0) is 4.79 Å². The average molecular weight is 267 g/mol. The highest BCUT2D eigenvalue weighted by Crippen LogP contribution is 2.23. The first kappa shape index (κ1) is 14.2. The number of carbonyl (C=O) groups is 1. The van der Waals surface area contributed by atoms with E-state index in [-0.39, 0.29) is 10.8 Å². The first-order chi connectivity index (χ1) is 8.52. The van der Waals surface area contributed by atoms with Gasteiger partial charge in [-0.3, -0.25) is 14.9 Å². The predicted molar refractivity (Wildman–Crippen MR) is 71.8 cm³/mol. The SMILES string of the molecule is COc1cc(C=CCSC(C)=O)cc([N+](=O)[O-])c1. The molecule has 1 aromatic carbocycles. The number of non-ortho nitro benzene ring substituents is 1. The van der Waals surface area contributed by atoms with Gasteiger partial charge in [0.25, 0.3) is 5.69 Å². The molecule has 0 radical (unpaired) electrons. The highest BCUT2D eigenvalue weighted by atomic mass is 32.2. The lowest BCUT2D eigenvalue weighted by atomic mass is 10.2. The van der Waals surface area contributed by atoms with Crippen LogP contribution in [0.3, 0.4) is 0 Å². The lowest BCUT2D eigenvalue weighted by molar-refractivity contribution is -0.384. The highest BCUT2D eigenvalue weighted by molar-refractivity contribution is 8.13. The van der Waals surface area contributed by atoms with Gasteiger partial charge in [0.1, 0.15) is 5.75 Å². The fraction of sp³-hybridized carbons (Fsp3) is 0.250. The maximum atomic E-state index is 10.7. The topological polar surface area (TPSA) is 69.4 Å². The molecule has 18 heavy (non-hydrogen) atoms. The van der Waals surface area contributed by atoms with Gasteiger partial charge in [-0.1, -0.05) is 23.9 Å². The number of nitrogens with zero attached hydrogens (tertiary/aromatic N) is 1. The van der Waals surface area contributed by atoms with E-state index in [0.717, 1.165) is 0 Å².